The Labute approximate surface area is 168 Å². The van der Waals surface area contributed by atoms with Gasteiger partial charge in [-0.15, -0.1) is 11.3 Å². The molecule has 4 rings (SSSR count). The van der Waals surface area contributed by atoms with Crippen LogP contribution in [0.3, 0.4) is 0 Å². The summed E-state index contributed by atoms with van der Waals surface area (Å²) >= 11 is 1.44. The highest BCUT2D eigenvalue weighted by atomic mass is 32.1. The van der Waals surface area contributed by atoms with E-state index in [1.54, 1.807) is 0 Å². The zero-order valence-corrected chi connectivity index (χ0v) is 17.4. The van der Waals surface area contributed by atoms with Gasteiger partial charge in [0.25, 0.3) is 5.91 Å². The van der Waals surface area contributed by atoms with Crippen LogP contribution in [0.1, 0.15) is 37.9 Å². The molecule has 0 unspecified atom stereocenters. The summed E-state index contributed by atoms with van der Waals surface area (Å²) < 4.78 is 1.86. The Hall–Kier alpha value is -2.99. The molecule has 0 saturated heterocycles. The number of carbonyl (C=O) groups is 1. The highest BCUT2D eigenvalue weighted by Crippen LogP contribution is 2.33. The van der Waals surface area contributed by atoms with Crippen molar-refractivity contribution in [3.8, 4) is 5.69 Å². The van der Waals surface area contributed by atoms with Crippen molar-refractivity contribution in [2.45, 2.75) is 34.6 Å². The second-order valence-electron chi connectivity index (χ2n) is 7.06. The van der Waals surface area contributed by atoms with Crippen LogP contribution in [-0.2, 0) is 0 Å². The first-order valence-electron chi connectivity index (χ1n) is 9.17. The number of nitrogens with one attached hydrogen (secondary N) is 1. The number of aryl methyl sites for hydroxylation is 4. The molecule has 3 heterocycles. The SMILES string of the molecule is Cc1cc(C)c2c(C)c(C(=O)Nc3c(C)nn(-c4ccccc4)c3C)sc2n1. The van der Waals surface area contributed by atoms with Crippen LogP contribution >= 0.6 is 11.3 Å². The monoisotopic (exact) mass is 390 g/mol. The zero-order chi connectivity index (χ0) is 20.0. The molecule has 28 heavy (non-hydrogen) atoms. The Kier molecular flexibility index (Phi) is 4.51. The molecule has 3 aromatic heterocycles. The molecule has 1 aromatic carbocycles. The van der Waals surface area contributed by atoms with Gasteiger partial charge < -0.3 is 5.32 Å². The van der Waals surface area contributed by atoms with Crippen LogP contribution in [0.25, 0.3) is 15.9 Å². The number of anilines is 1. The summed E-state index contributed by atoms with van der Waals surface area (Å²) in [5, 5.41) is 8.77. The highest BCUT2D eigenvalue weighted by Gasteiger charge is 2.21. The van der Waals surface area contributed by atoms with Gasteiger partial charge in [-0.1, -0.05) is 18.2 Å². The van der Waals surface area contributed by atoms with Crippen molar-refractivity contribution in [1.82, 2.24) is 14.8 Å². The van der Waals surface area contributed by atoms with Gasteiger partial charge in [-0.2, -0.15) is 5.10 Å². The van der Waals surface area contributed by atoms with Gasteiger partial charge in [0.2, 0.25) is 0 Å². The Morgan fingerprint density at radius 1 is 1.07 bits per heavy atom. The van der Waals surface area contributed by atoms with E-state index in [2.05, 4.69) is 28.4 Å². The number of hydrogen-bond acceptors (Lipinski definition) is 4. The predicted octanol–water partition coefficient (Wildman–Crippen LogP) is 5.28. The second kappa shape index (κ2) is 6.87. The fourth-order valence-electron chi connectivity index (χ4n) is 3.65. The quantitative estimate of drug-likeness (QED) is 0.518. The van der Waals surface area contributed by atoms with Crippen molar-refractivity contribution in [2.75, 3.05) is 5.32 Å². The van der Waals surface area contributed by atoms with Crippen molar-refractivity contribution in [3.63, 3.8) is 0 Å². The van der Waals surface area contributed by atoms with Gasteiger partial charge in [-0.3, -0.25) is 4.79 Å². The Morgan fingerprint density at radius 2 is 1.79 bits per heavy atom. The molecule has 0 aliphatic heterocycles. The number of fused-ring (bicyclic) bond motifs is 1. The molecule has 0 fully saturated rings. The largest absolute Gasteiger partial charge is 0.318 e. The van der Waals surface area contributed by atoms with Crippen LogP contribution in [0.5, 0.6) is 0 Å². The number of benzene rings is 1. The fraction of sp³-hybridized carbons (Fsp3) is 0.227. The molecule has 0 radical (unpaired) electrons. The average molecular weight is 391 g/mol. The number of hydrogen-bond donors (Lipinski definition) is 1. The molecule has 4 aromatic rings. The molecule has 0 spiro atoms. The van der Waals surface area contributed by atoms with Crippen molar-refractivity contribution in [1.29, 1.82) is 0 Å². The van der Waals surface area contributed by atoms with Crippen molar-refractivity contribution in [3.05, 3.63) is 69.5 Å². The van der Waals surface area contributed by atoms with Gasteiger partial charge in [0, 0.05) is 11.1 Å². The molecule has 1 amide bonds. The van der Waals surface area contributed by atoms with E-state index in [0.29, 0.717) is 4.88 Å². The van der Waals surface area contributed by atoms with E-state index in [0.717, 1.165) is 49.8 Å². The Morgan fingerprint density at radius 3 is 2.50 bits per heavy atom. The topological polar surface area (TPSA) is 59.8 Å². The molecule has 6 heteroatoms. The molecule has 0 aliphatic rings. The second-order valence-corrected chi connectivity index (χ2v) is 8.06. The van der Waals surface area contributed by atoms with Crippen LogP contribution in [0, 0.1) is 34.6 Å². The Bertz CT molecular complexity index is 1200. The van der Waals surface area contributed by atoms with E-state index in [-0.39, 0.29) is 5.91 Å². The molecule has 0 bridgehead atoms. The Balaban J connectivity index is 1.72. The summed E-state index contributed by atoms with van der Waals surface area (Å²) in [7, 11) is 0. The first-order chi connectivity index (χ1) is 13.4. The number of pyridine rings is 1. The summed E-state index contributed by atoms with van der Waals surface area (Å²) in [5.41, 5.74) is 6.52. The van der Waals surface area contributed by atoms with E-state index in [9.17, 15) is 4.79 Å². The van der Waals surface area contributed by atoms with Crippen molar-refractivity contribution < 1.29 is 4.79 Å². The first-order valence-corrected chi connectivity index (χ1v) is 9.98. The average Bonchev–Trinajstić information content (AvgIpc) is 3.13. The van der Waals surface area contributed by atoms with Gasteiger partial charge in [0.1, 0.15) is 4.83 Å². The summed E-state index contributed by atoms with van der Waals surface area (Å²) in [5.74, 6) is -0.114. The zero-order valence-electron chi connectivity index (χ0n) is 16.6. The lowest BCUT2D eigenvalue weighted by atomic mass is 10.1. The fourth-order valence-corrected chi connectivity index (χ4v) is 4.85. The third kappa shape index (κ3) is 2.99. The van der Waals surface area contributed by atoms with Crippen LogP contribution in [0.15, 0.2) is 36.4 Å². The normalized spacial score (nSPS) is 11.2. The van der Waals surface area contributed by atoms with Crippen LogP contribution in [-0.4, -0.2) is 20.7 Å². The molecular formula is C22H22N4OS. The van der Waals surface area contributed by atoms with Gasteiger partial charge in [0.15, 0.2) is 0 Å². The maximum absolute atomic E-state index is 13.1. The number of para-hydroxylation sites is 1. The number of aromatic nitrogens is 3. The number of amides is 1. The predicted molar refractivity (Wildman–Crippen MR) is 115 cm³/mol. The van der Waals surface area contributed by atoms with Crippen molar-refractivity contribution >= 4 is 33.1 Å². The minimum absolute atomic E-state index is 0.114. The molecular weight excluding hydrogens is 368 g/mol. The highest BCUT2D eigenvalue weighted by molar-refractivity contribution is 7.20. The van der Waals surface area contributed by atoms with Crippen LogP contribution in [0.4, 0.5) is 5.69 Å². The summed E-state index contributed by atoms with van der Waals surface area (Å²) in [4.78, 5) is 19.3. The minimum Gasteiger partial charge on any atom is -0.318 e. The first kappa shape index (κ1) is 18.4. The molecule has 5 nitrogen and oxygen atoms in total. The molecule has 1 N–H and O–H groups in total. The lowest BCUT2D eigenvalue weighted by Gasteiger charge is -2.07. The third-order valence-corrected chi connectivity index (χ3v) is 6.15. The maximum Gasteiger partial charge on any atom is 0.266 e. The van der Waals surface area contributed by atoms with Crippen molar-refractivity contribution in [2.24, 2.45) is 0 Å². The molecule has 142 valence electrons. The van der Waals surface area contributed by atoms with E-state index in [1.165, 1.54) is 11.3 Å². The maximum atomic E-state index is 13.1. The summed E-state index contributed by atoms with van der Waals surface area (Å²) in [6.07, 6.45) is 0. The van der Waals surface area contributed by atoms with E-state index >= 15 is 0 Å². The number of carbonyl (C=O) groups excluding carboxylic acids is 1. The standard InChI is InChI=1S/C22H22N4OS/c1-12-11-13(2)23-22-18(12)14(3)20(28-22)21(27)24-19-15(4)25-26(16(19)5)17-9-7-6-8-10-17/h6-11H,1-5H3,(H,24,27). The number of nitrogens with zero attached hydrogens (tertiary/aromatic N) is 3. The molecule has 0 aliphatic carbocycles. The van der Waals surface area contributed by atoms with E-state index in [1.807, 2.05) is 62.7 Å². The molecule has 0 saturated carbocycles. The lowest BCUT2D eigenvalue weighted by molar-refractivity contribution is 0.103. The molecule has 0 atom stereocenters. The lowest BCUT2D eigenvalue weighted by Crippen LogP contribution is -2.12. The van der Waals surface area contributed by atoms with E-state index < -0.39 is 0 Å². The van der Waals surface area contributed by atoms with Gasteiger partial charge in [-0.25, -0.2) is 9.67 Å². The van der Waals surface area contributed by atoms with Crippen LogP contribution < -0.4 is 5.32 Å². The summed E-state index contributed by atoms with van der Waals surface area (Å²) in [6.45, 7) is 9.91. The van der Waals surface area contributed by atoms with Crippen LogP contribution in [0.2, 0.25) is 0 Å². The van der Waals surface area contributed by atoms with E-state index in [4.69, 9.17) is 0 Å². The van der Waals surface area contributed by atoms with Gasteiger partial charge >= 0.3 is 0 Å². The number of rotatable bonds is 3. The smallest absolute Gasteiger partial charge is 0.266 e. The summed E-state index contributed by atoms with van der Waals surface area (Å²) in [6, 6.07) is 12.0. The van der Waals surface area contributed by atoms with Gasteiger partial charge in [0.05, 0.1) is 27.6 Å². The third-order valence-electron chi connectivity index (χ3n) is 4.96. The van der Waals surface area contributed by atoms with Gasteiger partial charge in [-0.05, 0) is 63.9 Å². The minimum atomic E-state index is -0.114. The number of thiophene rings is 1.